The van der Waals surface area contributed by atoms with Gasteiger partial charge in [-0.15, -0.1) is 10.2 Å². The van der Waals surface area contributed by atoms with E-state index in [0.717, 1.165) is 28.2 Å². The first-order chi connectivity index (χ1) is 11.8. The fraction of sp³-hybridized carbons (Fsp3) is 0.231. The van der Waals surface area contributed by atoms with E-state index < -0.39 is 10.0 Å². The average molecular weight is 399 g/mol. The van der Waals surface area contributed by atoms with Crippen molar-refractivity contribution in [2.45, 2.75) is 24.7 Å². The van der Waals surface area contributed by atoms with Crippen molar-refractivity contribution in [1.29, 1.82) is 0 Å². The zero-order valence-electron chi connectivity index (χ0n) is 13.1. The Kier molecular flexibility index (Phi) is 4.58. The molecular weight excluding hydrogens is 386 g/mol. The summed E-state index contributed by atoms with van der Waals surface area (Å²) >= 11 is 1.80. The van der Waals surface area contributed by atoms with Crippen LogP contribution in [0.25, 0.3) is 10.2 Å². The Balaban J connectivity index is 1.90. The second-order valence-corrected chi connectivity index (χ2v) is 8.78. The van der Waals surface area contributed by atoms with Crippen LogP contribution in [0, 0.1) is 0 Å². The van der Waals surface area contributed by atoms with Crippen molar-refractivity contribution in [3.8, 4) is 0 Å². The van der Waals surface area contributed by atoms with Crippen LogP contribution in [-0.2, 0) is 21.4 Å². The van der Waals surface area contributed by atoms with E-state index in [9.17, 15) is 18.0 Å². The molecule has 132 valence electrons. The molecule has 0 saturated carbocycles. The first-order valence-corrected chi connectivity index (χ1v) is 10.2. The van der Waals surface area contributed by atoms with Crippen molar-refractivity contribution in [1.82, 2.24) is 14.8 Å². The molecule has 0 fully saturated rings. The Bertz CT molecular complexity index is 1110. The predicted molar refractivity (Wildman–Crippen MR) is 96.8 cm³/mol. The van der Waals surface area contributed by atoms with Gasteiger partial charge in [-0.25, -0.2) is 0 Å². The molecule has 0 saturated heterocycles. The van der Waals surface area contributed by atoms with Crippen LogP contribution in [0.1, 0.15) is 13.8 Å². The van der Waals surface area contributed by atoms with Gasteiger partial charge in [-0.05, 0) is 25.1 Å². The van der Waals surface area contributed by atoms with E-state index in [0.29, 0.717) is 16.9 Å². The summed E-state index contributed by atoms with van der Waals surface area (Å²) in [6, 6.07) is 4.87. The minimum absolute atomic E-state index is 0.0958. The molecule has 0 unspecified atom stereocenters. The number of carbonyl (C=O) groups excluding carboxylic acids is 1. The molecule has 0 aliphatic carbocycles. The highest BCUT2D eigenvalue weighted by molar-refractivity contribution is 7.94. The van der Waals surface area contributed by atoms with Gasteiger partial charge in [0.1, 0.15) is 0 Å². The summed E-state index contributed by atoms with van der Waals surface area (Å²) in [4.78, 5) is 22.8. The summed E-state index contributed by atoms with van der Waals surface area (Å²) in [5.74, 6) is -0.367. The van der Waals surface area contributed by atoms with Gasteiger partial charge in [0.15, 0.2) is 0 Å². The van der Waals surface area contributed by atoms with Crippen LogP contribution >= 0.6 is 22.7 Å². The molecule has 2 N–H and O–H groups in total. The summed E-state index contributed by atoms with van der Waals surface area (Å²) < 4.78 is 29.2. The second kappa shape index (κ2) is 6.54. The zero-order chi connectivity index (χ0) is 18.2. The van der Waals surface area contributed by atoms with Crippen molar-refractivity contribution < 1.29 is 13.2 Å². The van der Waals surface area contributed by atoms with Gasteiger partial charge in [-0.2, -0.15) is 8.42 Å². The smallest absolute Gasteiger partial charge is 0.301 e. The van der Waals surface area contributed by atoms with E-state index >= 15 is 0 Å². The van der Waals surface area contributed by atoms with Crippen molar-refractivity contribution in [2.75, 3.05) is 10.0 Å². The minimum Gasteiger partial charge on any atom is -0.301 e. The molecular formula is C13H13N5O4S3. The Labute approximate surface area is 150 Å². The molecule has 0 bridgehead atoms. The summed E-state index contributed by atoms with van der Waals surface area (Å²) in [5.41, 5.74) is 1.07. The maximum absolute atomic E-state index is 12.4. The molecule has 25 heavy (non-hydrogen) atoms. The highest BCUT2D eigenvalue weighted by Crippen LogP contribution is 2.26. The Morgan fingerprint density at radius 3 is 2.72 bits per heavy atom. The molecule has 3 rings (SSSR count). The molecule has 2 heterocycles. The zero-order valence-corrected chi connectivity index (χ0v) is 15.6. The number of fused-ring (bicyclic) bond motifs is 1. The molecule has 2 aromatic heterocycles. The van der Waals surface area contributed by atoms with E-state index in [1.807, 2.05) is 6.92 Å². The lowest BCUT2D eigenvalue weighted by Gasteiger charge is -2.05. The van der Waals surface area contributed by atoms with Crippen LogP contribution in [0.5, 0.6) is 0 Å². The normalized spacial score (nSPS) is 11.6. The van der Waals surface area contributed by atoms with Gasteiger partial charge < -0.3 is 5.32 Å². The monoisotopic (exact) mass is 399 g/mol. The molecule has 12 heteroatoms. The third kappa shape index (κ3) is 3.55. The van der Waals surface area contributed by atoms with Crippen molar-refractivity contribution in [2.24, 2.45) is 0 Å². The van der Waals surface area contributed by atoms with E-state index in [2.05, 4.69) is 20.2 Å². The summed E-state index contributed by atoms with van der Waals surface area (Å²) in [6.45, 7) is 3.70. The lowest BCUT2D eigenvalue weighted by Crippen LogP contribution is -2.13. The largest absolute Gasteiger partial charge is 0.308 e. The highest BCUT2D eigenvalue weighted by atomic mass is 32.2. The first-order valence-electron chi connectivity index (χ1n) is 7.07. The fourth-order valence-corrected chi connectivity index (χ4v) is 5.14. The van der Waals surface area contributed by atoms with Gasteiger partial charge in [0.05, 0.1) is 15.9 Å². The number of amides is 1. The number of hydrogen-bond acceptors (Lipinski definition) is 8. The molecule has 3 aromatic rings. The Morgan fingerprint density at radius 2 is 2.04 bits per heavy atom. The number of nitrogens with zero attached hydrogens (tertiary/aromatic N) is 3. The van der Waals surface area contributed by atoms with Crippen molar-refractivity contribution in [3.05, 3.63) is 27.9 Å². The number of aromatic nitrogens is 3. The van der Waals surface area contributed by atoms with Gasteiger partial charge in [0, 0.05) is 13.5 Å². The van der Waals surface area contributed by atoms with Gasteiger partial charge in [0.25, 0.3) is 14.4 Å². The van der Waals surface area contributed by atoms with Crippen LogP contribution in [0.2, 0.25) is 0 Å². The number of rotatable bonds is 5. The SMILES string of the molecule is CCn1c(=O)sc2cc(NS(=O)(=O)c3nnc(NC(C)=O)s3)ccc21. The van der Waals surface area contributed by atoms with E-state index in [4.69, 9.17) is 0 Å². The molecule has 9 nitrogen and oxygen atoms in total. The van der Waals surface area contributed by atoms with Gasteiger partial charge >= 0.3 is 4.87 Å². The van der Waals surface area contributed by atoms with Gasteiger partial charge in [0.2, 0.25) is 11.0 Å². The topological polar surface area (TPSA) is 123 Å². The lowest BCUT2D eigenvalue weighted by atomic mass is 10.3. The van der Waals surface area contributed by atoms with Crippen LogP contribution in [0.4, 0.5) is 10.8 Å². The molecule has 1 aromatic carbocycles. The summed E-state index contributed by atoms with van der Waals surface area (Å²) in [6.07, 6.45) is 0. The quantitative estimate of drug-likeness (QED) is 0.630. The average Bonchev–Trinajstić information content (AvgIpc) is 3.09. The molecule has 0 spiro atoms. The number of nitrogens with one attached hydrogen (secondary N) is 2. The first kappa shape index (κ1) is 17.5. The van der Waals surface area contributed by atoms with Gasteiger partial charge in [-0.1, -0.05) is 22.7 Å². The number of aryl methyl sites for hydroxylation is 1. The van der Waals surface area contributed by atoms with E-state index in [1.54, 1.807) is 22.8 Å². The number of hydrogen-bond donors (Lipinski definition) is 2. The summed E-state index contributed by atoms with van der Waals surface area (Å²) in [5, 5.41) is 9.68. The minimum atomic E-state index is -3.94. The number of carbonyl (C=O) groups is 1. The lowest BCUT2D eigenvalue weighted by molar-refractivity contribution is -0.114. The molecule has 1 amide bonds. The second-order valence-electron chi connectivity index (χ2n) is 4.95. The maximum atomic E-state index is 12.4. The van der Waals surface area contributed by atoms with Crippen LogP contribution in [0.15, 0.2) is 27.3 Å². The Morgan fingerprint density at radius 1 is 1.28 bits per heavy atom. The number of sulfonamides is 1. The van der Waals surface area contributed by atoms with Crippen LogP contribution < -0.4 is 14.9 Å². The van der Waals surface area contributed by atoms with Crippen molar-refractivity contribution >= 4 is 59.6 Å². The van der Waals surface area contributed by atoms with Crippen molar-refractivity contribution in [3.63, 3.8) is 0 Å². The number of benzene rings is 1. The van der Waals surface area contributed by atoms with Gasteiger partial charge in [-0.3, -0.25) is 18.9 Å². The molecule has 0 atom stereocenters. The predicted octanol–water partition coefficient (Wildman–Crippen LogP) is 1.69. The van der Waals surface area contributed by atoms with E-state index in [-0.39, 0.29) is 20.3 Å². The molecule has 0 aliphatic rings. The summed E-state index contributed by atoms with van der Waals surface area (Å²) in [7, 11) is -3.94. The third-order valence-corrected chi connectivity index (χ3v) is 6.69. The molecule has 0 radical (unpaired) electrons. The number of anilines is 2. The van der Waals surface area contributed by atoms with Crippen LogP contribution in [-0.4, -0.2) is 29.1 Å². The number of thiazole rings is 1. The molecule has 0 aliphatic heterocycles. The standard InChI is InChI=1S/C13H13N5O4S3/c1-3-18-9-5-4-8(6-10(9)23-13(18)20)17-25(21,22)12-16-15-11(24-12)14-7(2)19/h4-6,17H,3H2,1-2H3,(H,14,15,19). The maximum Gasteiger partial charge on any atom is 0.308 e. The van der Waals surface area contributed by atoms with E-state index in [1.165, 1.54) is 6.92 Å². The Hall–Kier alpha value is -2.31. The van der Waals surface area contributed by atoms with Crippen LogP contribution in [0.3, 0.4) is 0 Å². The fourth-order valence-electron chi connectivity index (χ4n) is 2.15. The third-order valence-electron chi connectivity index (χ3n) is 3.16. The highest BCUT2D eigenvalue weighted by Gasteiger charge is 2.21.